The standard InChI is InChI=1S/C20H30N2O4/c1-14(2)12-16(20(25)26-4)13-18(23)22-17(19(24)21-3)11-10-15-8-6-5-7-9-15/h5-9,14,16-17H,10-13H2,1-4H3,(H,21,24)(H,22,23)/t16?,17-/m0/s1. The molecule has 0 aliphatic rings. The van der Waals surface area contributed by atoms with Crippen molar-refractivity contribution in [3.63, 3.8) is 0 Å². The molecule has 6 nitrogen and oxygen atoms in total. The largest absolute Gasteiger partial charge is 0.469 e. The first-order valence-corrected chi connectivity index (χ1v) is 9.00. The summed E-state index contributed by atoms with van der Waals surface area (Å²) in [7, 11) is 2.86. The topological polar surface area (TPSA) is 84.5 Å². The highest BCUT2D eigenvalue weighted by Crippen LogP contribution is 2.17. The average molecular weight is 362 g/mol. The number of benzene rings is 1. The van der Waals surface area contributed by atoms with E-state index in [9.17, 15) is 14.4 Å². The van der Waals surface area contributed by atoms with Crippen molar-refractivity contribution in [3.8, 4) is 0 Å². The summed E-state index contributed by atoms with van der Waals surface area (Å²) < 4.78 is 4.79. The molecule has 0 spiro atoms. The Hall–Kier alpha value is -2.37. The van der Waals surface area contributed by atoms with E-state index in [1.54, 1.807) is 7.05 Å². The summed E-state index contributed by atoms with van der Waals surface area (Å²) >= 11 is 0. The lowest BCUT2D eigenvalue weighted by atomic mass is 9.93. The lowest BCUT2D eigenvalue weighted by Crippen LogP contribution is -2.46. The fourth-order valence-electron chi connectivity index (χ4n) is 2.87. The van der Waals surface area contributed by atoms with Crippen molar-refractivity contribution in [2.45, 2.75) is 45.6 Å². The molecule has 0 aliphatic heterocycles. The maximum absolute atomic E-state index is 12.4. The van der Waals surface area contributed by atoms with E-state index in [1.807, 2.05) is 44.2 Å². The molecule has 0 saturated carbocycles. The SMILES string of the molecule is CNC(=O)[C@H](CCc1ccccc1)NC(=O)CC(CC(C)C)C(=O)OC. The predicted molar refractivity (Wildman–Crippen MR) is 100 cm³/mol. The lowest BCUT2D eigenvalue weighted by Gasteiger charge is -2.20. The molecule has 0 radical (unpaired) electrons. The Bertz CT molecular complexity index is 587. The van der Waals surface area contributed by atoms with E-state index in [0.29, 0.717) is 19.3 Å². The molecule has 2 amide bonds. The van der Waals surface area contributed by atoms with Gasteiger partial charge in [-0.2, -0.15) is 0 Å². The molecule has 26 heavy (non-hydrogen) atoms. The van der Waals surface area contributed by atoms with Crippen LogP contribution < -0.4 is 10.6 Å². The Morgan fingerprint density at radius 2 is 1.77 bits per heavy atom. The second kappa shape index (κ2) is 11.3. The smallest absolute Gasteiger partial charge is 0.309 e. The van der Waals surface area contributed by atoms with Gasteiger partial charge in [-0.25, -0.2) is 0 Å². The maximum atomic E-state index is 12.4. The molecule has 0 fully saturated rings. The van der Waals surface area contributed by atoms with Crippen LogP contribution in [0.25, 0.3) is 0 Å². The van der Waals surface area contributed by atoms with E-state index >= 15 is 0 Å². The number of esters is 1. The number of hydrogen-bond donors (Lipinski definition) is 2. The zero-order valence-electron chi connectivity index (χ0n) is 16.1. The predicted octanol–water partition coefficient (Wildman–Crippen LogP) is 2.08. The molecule has 1 rings (SSSR count). The normalized spacial score (nSPS) is 13.0. The highest BCUT2D eigenvalue weighted by Gasteiger charge is 2.26. The first kappa shape index (κ1) is 21.7. The van der Waals surface area contributed by atoms with Crippen LogP contribution >= 0.6 is 0 Å². The molecule has 0 saturated heterocycles. The Morgan fingerprint density at radius 3 is 2.31 bits per heavy atom. The number of carbonyl (C=O) groups excluding carboxylic acids is 3. The molecule has 1 aromatic rings. The monoisotopic (exact) mass is 362 g/mol. The third-order valence-electron chi connectivity index (χ3n) is 4.18. The number of aryl methyl sites for hydroxylation is 1. The fraction of sp³-hybridized carbons (Fsp3) is 0.550. The Labute approximate surface area is 155 Å². The molecule has 144 valence electrons. The maximum Gasteiger partial charge on any atom is 0.309 e. The van der Waals surface area contributed by atoms with Gasteiger partial charge in [-0.3, -0.25) is 14.4 Å². The van der Waals surface area contributed by atoms with Gasteiger partial charge < -0.3 is 15.4 Å². The minimum Gasteiger partial charge on any atom is -0.469 e. The van der Waals surface area contributed by atoms with Crippen LogP contribution in [0.1, 0.15) is 38.7 Å². The molecule has 1 aromatic carbocycles. The van der Waals surface area contributed by atoms with E-state index < -0.39 is 17.9 Å². The van der Waals surface area contributed by atoms with Crippen molar-refractivity contribution in [1.82, 2.24) is 10.6 Å². The van der Waals surface area contributed by atoms with E-state index in [2.05, 4.69) is 10.6 Å². The van der Waals surface area contributed by atoms with Crippen molar-refractivity contribution in [2.24, 2.45) is 11.8 Å². The first-order chi connectivity index (χ1) is 12.4. The lowest BCUT2D eigenvalue weighted by molar-refractivity contribution is -0.148. The summed E-state index contributed by atoms with van der Waals surface area (Å²) in [6.07, 6.45) is 1.74. The summed E-state index contributed by atoms with van der Waals surface area (Å²) in [4.78, 5) is 36.4. The number of rotatable bonds is 10. The van der Waals surface area contributed by atoms with Gasteiger partial charge in [0.15, 0.2) is 0 Å². The van der Waals surface area contributed by atoms with E-state index in [1.165, 1.54) is 7.11 Å². The third-order valence-corrected chi connectivity index (χ3v) is 4.18. The summed E-state index contributed by atoms with van der Waals surface area (Å²) in [5, 5.41) is 5.34. The number of hydrogen-bond acceptors (Lipinski definition) is 4. The van der Waals surface area contributed by atoms with Gasteiger partial charge in [0.05, 0.1) is 13.0 Å². The second-order valence-corrected chi connectivity index (χ2v) is 6.81. The Balaban J connectivity index is 2.68. The van der Waals surface area contributed by atoms with Gasteiger partial charge in [0.1, 0.15) is 6.04 Å². The van der Waals surface area contributed by atoms with Crippen molar-refractivity contribution >= 4 is 17.8 Å². The highest BCUT2D eigenvalue weighted by molar-refractivity contribution is 5.89. The van der Waals surface area contributed by atoms with Crippen molar-refractivity contribution in [3.05, 3.63) is 35.9 Å². The van der Waals surface area contributed by atoms with Crippen molar-refractivity contribution in [1.29, 1.82) is 0 Å². The van der Waals surface area contributed by atoms with Crippen LogP contribution in [-0.2, 0) is 25.5 Å². The minimum absolute atomic E-state index is 0.0175. The van der Waals surface area contributed by atoms with Crippen LogP contribution in [0, 0.1) is 11.8 Å². The van der Waals surface area contributed by atoms with Gasteiger partial charge in [-0.05, 0) is 30.7 Å². The molecular weight excluding hydrogens is 332 g/mol. The van der Waals surface area contributed by atoms with Crippen LogP contribution in [0.4, 0.5) is 0 Å². The zero-order valence-corrected chi connectivity index (χ0v) is 16.1. The highest BCUT2D eigenvalue weighted by atomic mass is 16.5. The van der Waals surface area contributed by atoms with Crippen LogP contribution in [-0.4, -0.2) is 38.0 Å². The first-order valence-electron chi connectivity index (χ1n) is 9.00. The number of likely N-dealkylation sites (N-methyl/N-ethyl adjacent to an activating group) is 1. The molecule has 2 N–H and O–H groups in total. The third kappa shape index (κ3) is 7.68. The summed E-state index contributed by atoms with van der Waals surface area (Å²) in [6, 6.07) is 9.15. The van der Waals surface area contributed by atoms with Gasteiger partial charge >= 0.3 is 5.97 Å². The van der Waals surface area contributed by atoms with Crippen molar-refractivity contribution < 1.29 is 19.1 Å². The summed E-state index contributed by atoms with van der Waals surface area (Å²) in [5.41, 5.74) is 1.10. The quantitative estimate of drug-likeness (QED) is 0.624. The minimum atomic E-state index is -0.634. The molecule has 1 unspecified atom stereocenters. The van der Waals surface area contributed by atoms with Crippen LogP contribution in [0.5, 0.6) is 0 Å². The van der Waals surface area contributed by atoms with E-state index in [4.69, 9.17) is 4.74 Å². The van der Waals surface area contributed by atoms with Crippen LogP contribution in [0.3, 0.4) is 0 Å². The van der Waals surface area contributed by atoms with E-state index in [-0.39, 0.29) is 24.2 Å². The van der Waals surface area contributed by atoms with Crippen LogP contribution in [0.2, 0.25) is 0 Å². The molecule has 2 atom stereocenters. The summed E-state index contributed by atoms with van der Waals surface area (Å²) in [6.45, 7) is 3.97. The molecule has 0 bridgehead atoms. The zero-order chi connectivity index (χ0) is 19.5. The van der Waals surface area contributed by atoms with Gasteiger partial charge in [0.2, 0.25) is 11.8 Å². The summed E-state index contributed by atoms with van der Waals surface area (Å²) in [5.74, 6) is -1.19. The molecule has 0 heterocycles. The number of nitrogens with one attached hydrogen (secondary N) is 2. The van der Waals surface area contributed by atoms with Gasteiger partial charge in [0.25, 0.3) is 0 Å². The van der Waals surface area contributed by atoms with E-state index in [0.717, 1.165) is 5.56 Å². The molecule has 0 aliphatic carbocycles. The Kier molecular flexibility index (Phi) is 9.41. The van der Waals surface area contributed by atoms with Crippen LogP contribution in [0.15, 0.2) is 30.3 Å². The molecule has 0 aromatic heterocycles. The molecular formula is C20H30N2O4. The number of amides is 2. The van der Waals surface area contributed by atoms with Crippen molar-refractivity contribution in [2.75, 3.05) is 14.2 Å². The fourth-order valence-corrected chi connectivity index (χ4v) is 2.87. The Morgan fingerprint density at radius 1 is 1.12 bits per heavy atom. The number of methoxy groups -OCH3 is 1. The second-order valence-electron chi connectivity index (χ2n) is 6.81. The van der Waals surface area contributed by atoms with Gasteiger partial charge in [0, 0.05) is 13.5 Å². The average Bonchev–Trinajstić information content (AvgIpc) is 2.63. The number of ether oxygens (including phenoxy) is 1. The van der Waals surface area contributed by atoms with Gasteiger partial charge in [-0.1, -0.05) is 44.2 Å². The number of carbonyl (C=O) groups is 3. The van der Waals surface area contributed by atoms with Gasteiger partial charge in [-0.15, -0.1) is 0 Å². The molecule has 6 heteroatoms.